The van der Waals surface area contributed by atoms with Gasteiger partial charge < -0.3 is 15.5 Å². The van der Waals surface area contributed by atoms with Gasteiger partial charge in [0.1, 0.15) is 0 Å². The van der Waals surface area contributed by atoms with Gasteiger partial charge in [-0.3, -0.25) is 19.7 Å². The van der Waals surface area contributed by atoms with E-state index in [1.54, 1.807) is 12.1 Å². The average Bonchev–Trinajstić information content (AvgIpc) is 2.79. The number of piperidine rings is 1. The Bertz CT molecular complexity index is 953. The van der Waals surface area contributed by atoms with E-state index in [0.29, 0.717) is 16.8 Å². The smallest absolute Gasteiger partial charge is 0.269 e. The average molecular weight is 425 g/mol. The van der Waals surface area contributed by atoms with Crippen molar-refractivity contribution < 1.29 is 14.5 Å². The third-order valence-electron chi connectivity index (χ3n) is 5.53. The van der Waals surface area contributed by atoms with E-state index in [9.17, 15) is 19.7 Å². The molecule has 0 radical (unpaired) electrons. The van der Waals surface area contributed by atoms with Crippen molar-refractivity contribution in [2.75, 3.05) is 23.3 Å². The van der Waals surface area contributed by atoms with E-state index in [1.165, 1.54) is 30.7 Å². The first kappa shape index (κ1) is 22.3. The molecule has 0 saturated carbocycles. The third kappa shape index (κ3) is 5.59. The molecular formula is C23H28N4O4. The van der Waals surface area contributed by atoms with Crippen LogP contribution in [0.25, 0.3) is 0 Å². The van der Waals surface area contributed by atoms with Crippen molar-refractivity contribution in [2.45, 2.75) is 45.6 Å². The summed E-state index contributed by atoms with van der Waals surface area (Å²) in [7, 11) is 0. The van der Waals surface area contributed by atoms with Gasteiger partial charge in [-0.05, 0) is 62.9 Å². The minimum atomic E-state index is -0.511. The fourth-order valence-corrected chi connectivity index (χ4v) is 3.55. The Kier molecular flexibility index (Phi) is 7.23. The lowest BCUT2D eigenvalue weighted by Crippen LogP contribution is -2.35. The number of carbonyl (C=O) groups excluding carboxylic acids is 2. The summed E-state index contributed by atoms with van der Waals surface area (Å²) < 4.78 is 0. The normalized spacial score (nSPS) is 14.6. The third-order valence-corrected chi connectivity index (χ3v) is 5.53. The van der Waals surface area contributed by atoms with E-state index in [4.69, 9.17) is 0 Å². The van der Waals surface area contributed by atoms with Crippen LogP contribution in [0.4, 0.5) is 17.1 Å². The van der Waals surface area contributed by atoms with E-state index in [1.807, 2.05) is 19.9 Å². The maximum absolute atomic E-state index is 13.0. The molecule has 0 spiro atoms. The number of nitro groups is 1. The minimum Gasteiger partial charge on any atom is -0.371 e. The number of hydrogen-bond donors (Lipinski definition) is 2. The summed E-state index contributed by atoms with van der Waals surface area (Å²) in [5, 5.41) is 16.6. The summed E-state index contributed by atoms with van der Waals surface area (Å²) in [5.74, 6) is -0.560. The number of non-ortho nitro benzene ring substituents is 1. The summed E-state index contributed by atoms with van der Waals surface area (Å²) >= 11 is 0. The van der Waals surface area contributed by atoms with Gasteiger partial charge in [0.15, 0.2) is 0 Å². The van der Waals surface area contributed by atoms with Crippen LogP contribution in [-0.2, 0) is 0 Å². The van der Waals surface area contributed by atoms with Crippen LogP contribution in [0.2, 0.25) is 0 Å². The standard InChI is InChI=1S/C23H28N4O4/c1-3-16(2)24-23(29)20-15-18(9-12-21(20)26-13-5-4-6-14-26)25-22(28)17-7-10-19(11-8-17)27(30)31/h7-12,15-16H,3-6,13-14H2,1-2H3,(H,24,29)(H,25,28)/t16-/m0/s1. The Labute approximate surface area is 181 Å². The molecule has 1 fully saturated rings. The second kappa shape index (κ2) is 10.1. The Hall–Kier alpha value is -3.42. The molecule has 164 valence electrons. The molecule has 1 saturated heterocycles. The molecule has 1 heterocycles. The topological polar surface area (TPSA) is 105 Å². The molecule has 2 N–H and O–H groups in total. The first-order valence-corrected chi connectivity index (χ1v) is 10.6. The van der Waals surface area contributed by atoms with Crippen molar-refractivity contribution in [2.24, 2.45) is 0 Å². The van der Waals surface area contributed by atoms with Gasteiger partial charge in [-0.15, -0.1) is 0 Å². The summed E-state index contributed by atoms with van der Waals surface area (Å²) in [5.41, 5.74) is 2.12. The highest BCUT2D eigenvalue weighted by Crippen LogP contribution is 2.28. The number of rotatable bonds is 7. The summed E-state index contributed by atoms with van der Waals surface area (Å²) in [6, 6.07) is 10.8. The first-order valence-electron chi connectivity index (χ1n) is 10.6. The van der Waals surface area contributed by atoms with E-state index in [0.717, 1.165) is 38.0 Å². The minimum absolute atomic E-state index is 0.0417. The molecule has 31 heavy (non-hydrogen) atoms. The van der Waals surface area contributed by atoms with Gasteiger partial charge in [-0.1, -0.05) is 6.92 Å². The quantitative estimate of drug-likeness (QED) is 0.507. The second-order valence-corrected chi connectivity index (χ2v) is 7.82. The summed E-state index contributed by atoms with van der Waals surface area (Å²) in [6.07, 6.45) is 4.19. The molecule has 1 aliphatic heterocycles. The first-order chi connectivity index (χ1) is 14.9. The van der Waals surface area contributed by atoms with Crippen molar-refractivity contribution in [1.29, 1.82) is 0 Å². The monoisotopic (exact) mass is 424 g/mol. The highest BCUT2D eigenvalue weighted by atomic mass is 16.6. The van der Waals surface area contributed by atoms with Gasteiger partial charge in [0.05, 0.1) is 10.5 Å². The van der Waals surface area contributed by atoms with Crippen LogP contribution in [0.1, 0.15) is 60.2 Å². The second-order valence-electron chi connectivity index (χ2n) is 7.82. The van der Waals surface area contributed by atoms with Gasteiger partial charge in [-0.2, -0.15) is 0 Å². The lowest BCUT2D eigenvalue weighted by molar-refractivity contribution is -0.384. The molecule has 0 aromatic heterocycles. The van der Waals surface area contributed by atoms with Crippen LogP contribution in [0.3, 0.4) is 0 Å². The molecule has 2 aromatic rings. The van der Waals surface area contributed by atoms with Gasteiger partial charge in [-0.25, -0.2) is 0 Å². The number of nitro benzene ring substituents is 1. The lowest BCUT2D eigenvalue weighted by atomic mass is 10.0. The molecule has 2 amide bonds. The van der Waals surface area contributed by atoms with E-state index in [-0.39, 0.29) is 17.6 Å². The number of anilines is 2. The molecule has 1 aliphatic rings. The van der Waals surface area contributed by atoms with Gasteiger partial charge in [0.2, 0.25) is 0 Å². The zero-order valence-electron chi connectivity index (χ0n) is 17.9. The lowest BCUT2D eigenvalue weighted by Gasteiger charge is -2.31. The highest BCUT2D eigenvalue weighted by Gasteiger charge is 2.21. The molecule has 0 bridgehead atoms. The van der Waals surface area contributed by atoms with Crippen molar-refractivity contribution in [3.05, 3.63) is 63.7 Å². The van der Waals surface area contributed by atoms with E-state index >= 15 is 0 Å². The number of nitrogens with one attached hydrogen (secondary N) is 2. The number of amides is 2. The van der Waals surface area contributed by atoms with Gasteiger partial charge in [0.25, 0.3) is 17.5 Å². The number of hydrogen-bond acceptors (Lipinski definition) is 5. The molecule has 1 atom stereocenters. The van der Waals surface area contributed by atoms with Crippen LogP contribution < -0.4 is 15.5 Å². The molecule has 8 heteroatoms. The van der Waals surface area contributed by atoms with Crippen LogP contribution in [0, 0.1) is 10.1 Å². The van der Waals surface area contributed by atoms with Crippen LogP contribution in [-0.4, -0.2) is 35.9 Å². The van der Waals surface area contributed by atoms with Crippen LogP contribution in [0.5, 0.6) is 0 Å². The fraction of sp³-hybridized carbons (Fsp3) is 0.391. The Morgan fingerprint density at radius 2 is 1.74 bits per heavy atom. The number of benzene rings is 2. The van der Waals surface area contributed by atoms with Gasteiger partial charge in [0, 0.05) is 48.2 Å². The number of carbonyl (C=O) groups is 2. The Morgan fingerprint density at radius 1 is 1.06 bits per heavy atom. The van der Waals surface area contributed by atoms with Crippen LogP contribution in [0.15, 0.2) is 42.5 Å². The Balaban J connectivity index is 1.84. The molecule has 3 rings (SSSR count). The SMILES string of the molecule is CC[C@H](C)NC(=O)c1cc(NC(=O)c2ccc([N+](=O)[O-])cc2)ccc1N1CCCCC1. The Morgan fingerprint density at radius 3 is 2.35 bits per heavy atom. The fourth-order valence-electron chi connectivity index (χ4n) is 3.55. The maximum Gasteiger partial charge on any atom is 0.269 e. The van der Waals surface area contributed by atoms with Crippen molar-refractivity contribution in [3.63, 3.8) is 0 Å². The zero-order chi connectivity index (χ0) is 22.4. The zero-order valence-corrected chi connectivity index (χ0v) is 17.9. The molecule has 8 nitrogen and oxygen atoms in total. The highest BCUT2D eigenvalue weighted by molar-refractivity contribution is 6.06. The summed E-state index contributed by atoms with van der Waals surface area (Å²) in [6.45, 7) is 5.77. The van der Waals surface area contributed by atoms with Gasteiger partial charge >= 0.3 is 0 Å². The maximum atomic E-state index is 13.0. The van der Waals surface area contributed by atoms with E-state index < -0.39 is 10.8 Å². The van der Waals surface area contributed by atoms with Crippen molar-refractivity contribution in [3.8, 4) is 0 Å². The molecule has 0 aliphatic carbocycles. The molecular weight excluding hydrogens is 396 g/mol. The summed E-state index contributed by atoms with van der Waals surface area (Å²) in [4.78, 5) is 38.1. The largest absolute Gasteiger partial charge is 0.371 e. The predicted molar refractivity (Wildman–Crippen MR) is 121 cm³/mol. The molecule has 2 aromatic carbocycles. The predicted octanol–water partition coefficient (Wildman–Crippen LogP) is 4.37. The number of nitrogens with zero attached hydrogens (tertiary/aromatic N) is 2. The van der Waals surface area contributed by atoms with Crippen LogP contribution >= 0.6 is 0 Å². The van der Waals surface area contributed by atoms with E-state index in [2.05, 4.69) is 15.5 Å². The van der Waals surface area contributed by atoms with Crippen molar-refractivity contribution in [1.82, 2.24) is 5.32 Å². The van der Waals surface area contributed by atoms with Crippen molar-refractivity contribution >= 4 is 28.9 Å². The molecule has 0 unspecified atom stereocenters.